The molecular weight excluding hydrogens is 218 g/mol. The minimum Gasteiger partial charge on any atom is -0.330 e. The minimum absolute atomic E-state index is 0.143. The Hall–Kier alpha value is -1.46. The summed E-state index contributed by atoms with van der Waals surface area (Å²) in [7, 11) is 0. The molecule has 0 aliphatic heterocycles. The maximum absolute atomic E-state index is 10.5. The van der Waals surface area contributed by atoms with Crippen LogP contribution < -0.4 is 11.1 Å². The molecule has 0 aromatic heterocycles. The van der Waals surface area contributed by atoms with Gasteiger partial charge in [-0.05, 0) is 44.5 Å². The van der Waals surface area contributed by atoms with E-state index >= 15 is 0 Å². The average molecular weight is 237 g/mol. The highest BCUT2D eigenvalue weighted by molar-refractivity contribution is 5.32. The molecule has 5 nitrogen and oxygen atoms in total. The summed E-state index contributed by atoms with van der Waals surface area (Å²) in [5, 5.41) is 13.8. The highest BCUT2D eigenvalue weighted by Gasteiger charge is 2.03. The number of hydrogen-bond acceptors (Lipinski definition) is 4. The molecule has 0 unspecified atom stereocenters. The SMILES string of the molecule is NCCCCNCCc1ccc([N+](=O)[O-])cc1. The molecule has 0 aliphatic carbocycles. The molecule has 0 atom stereocenters. The van der Waals surface area contributed by atoms with Crippen LogP contribution in [0.1, 0.15) is 18.4 Å². The Bertz CT molecular complexity index is 338. The number of nitrogens with two attached hydrogens (primary N) is 1. The van der Waals surface area contributed by atoms with Crippen LogP contribution in [-0.2, 0) is 6.42 Å². The lowest BCUT2D eigenvalue weighted by atomic mass is 10.1. The van der Waals surface area contributed by atoms with E-state index in [0.717, 1.165) is 44.5 Å². The van der Waals surface area contributed by atoms with E-state index in [-0.39, 0.29) is 10.6 Å². The third-order valence-electron chi connectivity index (χ3n) is 2.55. The third kappa shape index (κ3) is 5.42. The van der Waals surface area contributed by atoms with Gasteiger partial charge in [-0.2, -0.15) is 0 Å². The second kappa shape index (κ2) is 7.76. The summed E-state index contributed by atoms with van der Waals surface area (Å²) in [4.78, 5) is 10.1. The zero-order valence-electron chi connectivity index (χ0n) is 9.89. The van der Waals surface area contributed by atoms with Crippen LogP contribution in [0.25, 0.3) is 0 Å². The normalized spacial score (nSPS) is 10.4. The Morgan fingerprint density at radius 1 is 1.18 bits per heavy atom. The van der Waals surface area contributed by atoms with E-state index in [1.807, 2.05) is 0 Å². The van der Waals surface area contributed by atoms with Crippen molar-refractivity contribution in [3.05, 3.63) is 39.9 Å². The topological polar surface area (TPSA) is 81.2 Å². The summed E-state index contributed by atoms with van der Waals surface area (Å²) in [6, 6.07) is 6.70. The molecule has 0 bridgehead atoms. The third-order valence-corrected chi connectivity index (χ3v) is 2.55. The smallest absolute Gasteiger partial charge is 0.269 e. The van der Waals surface area contributed by atoms with E-state index in [2.05, 4.69) is 5.32 Å². The molecule has 0 saturated carbocycles. The quantitative estimate of drug-likeness (QED) is 0.407. The lowest BCUT2D eigenvalue weighted by Gasteiger charge is -2.04. The highest BCUT2D eigenvalue weighted by Crippen LogP contribution is 2.11. The van der Waals surface area contributed by atoms with Gasteiger partial charge in [-0.1, -0.05) is 12.1 Å². The molecule has 0 saturated heterocycles. The van der Waals surface area contributed by atoms with Gasteiger partial charge in [-0.3, -0.25) is 10.1 Å². The number of unbranched alkanes of at least 4 members (excludes halogenated alkanes) is 1. The van der Waals surface area contributed by atoms with Crippen molar-refractivity contribution in [2.45, 2.75) is 19.3 Å². The van der Waals surface area contributed by atoms with Gasteiger partial charge >= 0.3 is 0 Å². The first kappa shape index (κ1) is 13.6. The molecule has 0 amide bonds. The molecule has 17 heavy (non-hydrogen) atoms. The van der Waals surface area contributed by atoms with E-state index in [4.69, 9.17) is 5.73 Å². The van der Waals surface area contributed by atoms with Gasteiger partial charge in [0.25, 0.3) is 5.69 Å². The zero-order chi connectivity index (χ0) is 12.5. The lowest BCUT2D eigenvalue weighted by Crippen LogP contribution is -2.19. The molecule has 5 heteroatoms. The van der Waals surface area contributed by atoms with Crippen molar-refractivity contribution in [3.63, 3.8) is 0 Å². The first-order valence-electron chi connectivity index (χ1n) is 5.88. The van der Waals surface area contributed by atoms with E-state index in [1.165, 1.54) is 0 Å². The van der Waals surface area contributed by atoms with Crippen molar-refractivity contribution in [1.82, 2.24) is 5.32 Å². The molecule has 1 aromatic rings. The molecule has 0 radical (unpaired) electrons. The molecular formula is C12H19N3O2. The number of nitrogens with one attached hydrogen (secondary N) is 1. The summed E-state index contributed by atoms with van der Waals surface area (Å²) in [6.07, 6.45) is 3.03. The van der Waals surface area contributed by atoms with Crippen molar-refractivity contribution in [2.75, 3.05) is 19.6 Å². The summed E-state index contributed by atoms with van der Waals surface area (Å²) in [5.41, 5.74) is 6.65. The summed E-state index contributed by atoms with van der Waals surface area (Å²) < 4.78 is 0. The van der Waals surface area contributed by atoms with Crippen molar-refractivity contribution in [1.29, 1.82) is 0 Å². The van der Waals surface area contributed by atoms with Crippen molar-refractivity contribution < 1.29 is 4.92 Å². The largest absolute Gasteiger partial charge is 0.330 e. The standard InChI is InChI=1S/C12H19N3O2/c13-8-1-2-9-14-10-7-11-3-5-12(6-4-11)15(16)17/h3-6,14H,1-2,7-10,13H2. The van der Waals surface area contributed by atoms with Gasteiger partial charge in [0.15, 0.2) is 0 Å². The fourth-order valence-electron chi connectivity index (χ4n) is 1.54. The van der Waals surface area contributed by atoms with Gasteiger partial charge in [0, 0.05) is 12.1 Å². The maximum atomic E-state index is 10.5. The molecule has 0 heterocycles. The van der Waals surface area contributed by atoms with Crippen LogP contribution in [0.15, 0.2) is 24.3 Å². The molecule has 1 rings (SSSR count). The van der Waals surface area contributed by atoms with E-state index < -0.39 is 0 Å². The van der Waals surface area contributed by atoms with E-state index in [9.17, 15) is 10.1 Å². The number of benzene rings is 1. The van der Waals surface area contributed by atoms with Crippen molar-refractivity contribution in [2.24, 2.45) is 5.73 Å². The predicted molar refractivity (Wildman–Crippen MR) is 68.0 cm³/mol. The van der Waals surface area contributed by atoms with Crippen LogP contribution in [0.4, 0.5) is 5.69 Å². The van der Waals surface area contributed by atoms with Crippen LogP contribution in [0.5, 0.6) is 0 Å². The summed E-state index contributed by atoms with van der Waals surface area (Å²) >= 11 is 0. The molecule has 1 aromatic carbocycles. The Morgan fingerprint density at radius 3 is 2.47 bits per heavy atom. The lowest BCUT2D eigenvalue weighted by molar-refractivity contribution is -0.384. The first-order chi connectivity index (χ1) is 8.24. The first-order valence-corrected chi connectivity index (χ1v) is 5.88. The van der Waals surface area contributed by atoms with Crippen LogP contribution in [0, 0.1) is 10.1 Å². The number of nitro benzene ring substituents is 1. The number of hydrogen-bond donors (Lipinski definition) is 2. The van der Waals surface area contributed by atoms with Crippen molar-refractivity contribution >= 4 is 5.69 Å². The Kier molecular flexibility index (Phi) is 6.21. The van der Waals surface area contributed by atoms with Gasteiger partial charge in [-0.15, -0.1) is 0 Å². The fraction of sp³-hybridized carbons (Fsp3) is 0.500. The molecule has 3 N–H and O–H groups in total. The van der Waals surface area contributed by atoms with E-state index in [0.29, 0.717) is 0 Å². The Labute approximate surface area is 101 Å². The molecule has 0 aliphatic rings. The summed E-state index contributed by atoms with van der Waals surface area (Å²) in [6.45, 7) is 2.61. The van der Waals surface area contributed by atoms with Crippen molar-refractivity contribution in [3.8, 4) is 0 Å². The average Bonchev–Trinajstić information content (AvgIpc) is 2.34. The number of nitrogens with zero attached hydrogens (tertiary/aromatic N) is 1. The van der Waals surface area contributed by atoms with Crippen LogP contribution in [0.2, 0.25) is 0 Å². The second-order valence-corrected chi connectivity index (χ2v) is 3.92. The second-order valence-electron chi connectivity index (χ2n) is 3.92. The van der Waals surface area contributed by atoms with Gasteiger partial charge in [-0.25, -0.2) is 0 Å². The summed E-state index contributed by atoms with van der Waals surface area (Å²) in [5.74, 6) is 0. The molecule has 0 fully saturated rings. The molecule has 0 spiro atoms. The molecule has 94 valence electrons. The fourth-order valence-corrected chi connectivity index (χ4v) is 1.54. The van der Waals surface area contributed by atoms with Gasteiger partial charge in [0.05, 0.1) is 4.92 Å². The zero-order valence-corrected chi connectivity index (χ0v) is 9.89. The number of nitro groups is 1. The van der Waals surface area contributed by atoms with Gasteiger partial charge in [0.1, 0.15) is 0 Å². The van der Waals surface area contributed by atoms with Crippen LogP contribution in [0.3, 0.4) is 0 Å². The van der Waals surface area contributed by atoms with E-state index in [1.54, 1.807) is 24.3 Å². The van der Waals surface area contributed by atoms with Gasteiger partial charge in [0.2, 0.25) is 0 Å². The van der Waals surface area contributed by atoms with Crippen LogP contribution >= 0.6 is 0 Å². The van der Waals surface area contributed by atoms with Crippen LogP contribution in [-0.4, -0.2) is 24.6 Å². The Morgan fingerprint density at radius 2 is 1.88 bits per heavy atom. The predicted octanol–water partition coefficient (Wildman–Crippen LogP) is 1.47. The van der Waals surface area contributed by atoms with Gasteiger partial charge < -0.3 is 11.1 Å². The monoisotopic (exact) mass is 237 g/mol. The number of non-ortho nitro benzene ring substituents is 1. The maximum Gasteiger partial charge on any atom is 0.269 e. The number of rotatable bonds is 8. The highest BCUT2D eigenvalue weighted by atomic mass is 16.6. The Balaban J connectivity index is 2.21. The minimum atomic E-state index is -0.380.